The highest BCUT2D eigenvalue weighted by molar-refractivity contribution is 6.11. The first-order valence-corrected chi connectivity index (χ1v) is 14.7. The molecule has 8 rings (SSSR count). The van der Waals surface area contributed by atoms with E-state index in [1.807, 2.05) is 91.0 Å². The van der Waals surface area contributed by atoms with Crippen molar-refractivity contribution < 1.29 is 0 Å². The Hall–Kier alpha value is -6.38. The van der Waals surface area contributed by atoms with E-state index in [4.69, 9.17) is 21.5 Å². The molecule has 5 nitrogen and oxygen atoms in total. The summed E-state index contributed by atoms with van der Waals surface area (Å²) in [5.41, 5.74) is 8.57. The van der Waals surface area contributed by atoms with Crippen molar-refractivity contribution in [3.63, 3.8) is 0 Å². The lowest BCUT2D eigenvalue weighted by molar-refractivity contribution is 1.07. The molecule has 0 atom stereocenters. The van der Waals surface area contributed by atoms with Crippen LogP contribution in [0.1, 0.15) is 0 Å². The number of para-hydroxylation sites is 2. The van der Waals surface area contributed by atoms with Crippen molar-refractivity contribution in [1.82, 2.24) is 19.5 Å². The minimum atomic E-state index is 0.611. The molecule has 5 heteroatoms. The van der Waals surface area contributed by atoms with Crippen molar-refractivity contribution in [2.45, 2.75) is 0 Å². The van der Waals surface area contributed by atoms with Crippen LogP contribution in [0.2, 0.25) is 0 Å². The van der Waals surface area contributed by atoms with Gasteiger partial charge in [0.25, 0.3) is 0 Å². The Bertz CT molecular complexity index is 2310. The molecule has 2 heterocycles. The maximum absolute atomic E-state index is 7.73. The molecule has 0 saturated carbocycles. The molecule has 0 aliphatic rings. The average Bonchev–Trinajstić information content (AvgIpc) is 3.45. The van der Waals surface area contributed by atoms with Gasteiger partial charge in [-0.3, -0.25) is 0 Å². The molecule has 0 bridgehead atoms. The second-order valence-corrected chi connectivity index (χ2v) is 10.8. The second-order valence-electron chi connectivity index (χ2n) is 10.8. The van der Waals surface area contributed by atoms with Gasteiger partial charge < -0.3 is 4.57 Å². The fourth-order valence-corrected chi connectivity index (χ4v) is 5.94. The van der Waals surface area contributed by atoms with Crippen molar-refractivity contribution >= 4 is 27.5 Å². The van der Waals surface area contributed by atoms with Gasteiger partial charge in [0.1, 0.15) is 0 Å². The maximum Gasteiger partial charge on any atom is 0.194 e. The van der Waals surface area contributed by atoms with E-state index in [9.17, 15) is 0 Å². The highest BCUT2D eigenvalue weighted by Crippen LogP contribution is 2.39. The Labute approximate surface area is 260 Å². The third-order valence-electron chi connectivity index (χ3n) is 8.07. The van der Waals surface area contributed by atoms with Gasteiger partial charge >= 0.3 is 0 Å². The molecular weight excluding hydrogens is 550 g/mol. The van der Waals surface area contributed by atoms with E-state index < -0.39 is 0 Å². The monoisotopic (exact) mass is 575 g/mol. The van der Waals surface area contributed by atoms with Gasteiger partial charge in [0.2, 0.25) is 0 Å². The lowest BCUT2D eigenvalue weighted by Gasteiger charge is -2.09. The molecule has 0 saturated heterocycles. The Morgan fingerprint density at radius 1 is 0.444 bits per heavy atom. The highest BCUT2D eigenvalue weighted by Gasteiger charge is 2.17. The van der Waals surface area contributed by atoms with Gasteiger partial charge in [-0.1, -0.05) is 109 Å². The number of nitrogens with zero attached hydrogens (tertiary/aromatic N) is 5. The third kappa shape index (κ3) is 4.71. The van der Waals surface area contributed by atoms with Gasteiger partial charge in [0.05, 0.1) is 17.6 Å². The molecule has 0 aliphatic carbocycles. The number of hydrogen-bond acceptors (Lipinski definition) is 3. The molecular formula is C40H25N5. The Kier molecular flexibility index (Phi) is 6.44. The standard InChI is InChI=1S/C40H25N5/c1-41-35-20-12-11-19-32(35)29-21-23-36-33(25-29)34-26-30(22-24-37(34)45(36)31-17-9-4-10-18-31)40-43-38(27-13-5-2-6-14-27)42-39(44-40)28-15-7-3-8-16-28/h2-26H. The van der Waals surface area contributed by atoms with Crippen molar-refractivity contribution in [1.29, 1.82) is 0 Å². The van der Waals surface area contributed by atoms with E-state index in [-0.39, 0.29) is 0 Å². The Balaban J connectivity index is 1.38. The number of fused-ring (bicyclic) bond motifs is 3. The minimum Gasteiger partial charge on any atom is -0.309 e. The average molecular weight is 576 g/mol. The molecule has 6 aromatic carbocycles. The lowest BCUT2D eigenvalue weighted by Crippen LogP contribution is -2.00. The van der Waals surface area contributed by atoms with Crippen LogP contribution < -0.4 is 0 Å². The zero-order chi connectivity index (χ0) is 30.2. The number of aromatic nitrogens is 4. The zero-order valence-corrected chi connectivity index (χ0v) is 24.2. The first kappa shape index (κ1) is 26.3. The first-order valence-electron chi connectivity index (χ1n) is 14.7. The summed E-state index contributed by atoms with van der Waals surface area (Å²) in [5.74, 6) is 1.87. The van der Waals surface area contributed by atoms with Crippen LogP contribution in [0.15, 0.2) is 152 Å². The first-order chi connectivity index (χ1) is 22.3. The van der Waals surface area contributed by atoms with Crippen LogP contribution in [0.5, 0.6) is 0 Å². The summed E-state index contributed by atoms with van der Waals surface area (Å²) in [6.07, 6.45) is 0. The molecule has 0 fully saturated rings. The largest absolute Gasteiger partial charge is 0.309 e. The number of rotatable bonds is 5. The van der Waals surface area contributed by atoms with E-state index in [0.717, 1.165) is 55.3 Å². The molecule has 0 amide bonds. The maximum atomic E-state index is 7.73. The van der Waals surface area contributed by atoms with E-state index in [0.29, 0.717) is 23.2 Å². The van der Waals surface area contributed by atoms with Crippen LogP contribution in [0.3, 0.4) is 0 Å². The molecule has 0 spiro atoms. The molecule has 2 aromatic heterocycles. The van der Waals surface area contributed by atoms with Gasteiger partial charge in [0.15, 0.2) is 23.2 Å². The summed E-state index contributed by atoms with van der Waals surface area (Å²) in [4.78, 5) is 18.6. The number of benzene rings is 6. The predicted molar refractivity (Wildman–Crippen MR) is 182 cm³/mol. The Morgan fingerprint density at radius 2 is 0.911 bits per heavy atom. The molecule has 210 valence electrons. The summed E-state index contributed by atoms with van der Waals surface area (Å²) in [7, 11) is 0. The smallest absolute Gasteiger partial charge is 0.194 e. The quantitative estimate of drug-likeness (QED) is 0.192. The van der Waals surface area contributed by atoms with E-state index in [1.165, 1.54) is 0 Å². The molecule has 45 heavy (non-hydrogen) atoms. The van der Waals surface area contributed by atoms with Gasteiger partial charge in [-0.2, -0.15) is 0 Å². The van der Waals surface area contributed by atoms with Gasteiger partial charge in [0, 0.05) is 33.2 Å². The van der Waals surface area contributed by atoms with Gasteiger partial charge in [-0.25, -0.2) is 19.8 Å². The Morgan fingerprint density at radius 3 is 1.49 bits per heavy atom. The minimum absolute atomic E-state index is 0.611. The van der Waals surface area contributed by atoms with Gasteiger partial charge in [-0.05, 0) is 53.6 Å². The molecule has 8 aromatic rings. The third-order valence-corrected chi connectivity index (χ3v) is 8.07. The van der Waals surface area contributed by atoms with Crippen LogP contribution in [0.25, 0.3) is 77.6 Å². The SMILES string of the molecule is [C-]#[N+]c1ccccc1-c1ccc2c(c1)c1cc(-c3nc(-c4ccccc4)nc(-c4ccccc4)n3)ccc1n2-c1ccccc1. The van der Waals surface area contributed by atoms with Gasteiger partial charge in [-0.15, -0.1) is 0 Å². The summed E-state index contributed by atoms with van der Waals surface area (Å²) in [5, 5.41) is 2.17. The second kappa shape index (κ2) is 11.0. The van der Waals surface area contributed by atoms with E-state index in [1.54, 1.807) is 0 Å². The topological polar surface area (TPSA) is 48.0 Å². The summed E-state index contributed by atoms with van der Waals surface area (Å²) < 4.78 is 2.29. The van der Waals surface area contributed by atoms with Crippen LogP contribution in [0, 0.1) is 6.57 Å². The fourth-order valence-electron chi connectivity index (χ4n) is 5.94. The summed E-state index contributed by atoms with van der Waals surface area (Å²) in [6, 6.07) is 51.1. The zero-order valence-electron chi connectivity index (χ0n) is 24.2. The van der Waals surface area contributed by atoms with Crippen molar-refractivity contribution in [2.75, 3.05) is 0 Å². The molecule has 0 aliphatic heterocycles. The lowest BCUT2D eigenvalue weighted by atomic mass is 10.0. The van der Waals surface area contributed by atoms with Crippen LogP contribution in [-0.4, -0.2) is 19.5 Å². The summed E-state index contributed by atoms with van der Waals surface area (Å²) >= 11 is 0. The van der Waals surface area contributed by atoms with Crippen LogP contribution >= 0.6 is 0 Å². The molecule has 0 N–H and O–H groups in total. The highest BCUT2D eigenvalue weighted by atomic mass is 15.0. The predicted octanol–water partition coefficient (Wildman–Crippen LogP) is 10.2. The molecule has 0 radical (unpaired) electrons. The van der Waals surface area contributed by atoms with Crippen LogP contribution in [0.4, 0.5) is 5.69 Å². The summed E-state index contributed by atoms with van der Waals surface area (Å²) in [6.45, 7) is 7.73. The fraction of sp³-hybridized carbons (Fsp3) is 0. The van der Waals surface area contributed by atoms with Crippen molar-refractivity contribution in [3.05, 3.63) is 163 Å². The van der Waals surface area contributed by atoms with E-state index in [2.05, 4.69) is 70.1 Å². The van der Waals surface area contributed by atoms with Crippen molar-refractivity contribution in [2.24, 2.45) is 0 Å². The number of hydrogen-bond donors (Lipinski definition) is 0. The van der Waals surface area contributed by atoms with E-state index >= 15 is 0 Å². The van der Waals surface area contributed by atoms with Crippen molar-refractivity contribution in [3.8, 4) is 51.0 Å². The normalized spacial score (nSPS) is 11.1. The van der Waals surface area contributed by atoms with Crippen LogP contribution in [-0.2, 0) is 0 Å². The molecule has 0 unspecified atom stereocenters.